The number of rotatable bonds is 0. The van der Waals surface area contributed by atoms with E-state index in [-0.39, 0.29) is 21.7 Å². The number of hydrogen-bond acceptors (Lipinski definition) is 0. The first-order valence-corrected chi connectivity index (χ1v) is 4.69. The van der Waals surface area contributed by atoms with Crippen LogP contribution in [0.25, 0.3) is 0 Å². The molecule has 0 rings (SSSR count). The van der Waals surface area contributed by atoms with Gasteiger partial charge in [0, 0.05) is 0 Å². The van der Waals surface area contributed by atoms with Crippen LogP contribution in [0.2, 0.25) is 0 Å². The van der Waals surface area contributed by atoms with Gasteiger partial charge in [0.2, 0.25) is 0 Å². The van der Waals surface area contributed by atoms with Crippen molar-refractivity contribution in [1.29, 1.82) is 0 Å². The van der Waals surface area contributed by atoms with Gasteiger partial charge in [-0.15, -0.1) is 0 Å². The van der Waals surface area contributed by atoms with Crippen molar-refractivity contribution in [3.63, 3.8) is 0 Å². The Balaban J connectivity index is -0.0000000450. The largest absolute Gasteiger partial charge is 3.00 e. The molecule has 0 aromatic rings. The van der Waals surface area contributed by atoms with E-state index in [2.05, 4.69) is 62.3 Å². The molecule has 0 saturated carbocycles. The third kappa shape index (κ3) is 2860. The number of hydrogen-bond donors (Lipinski definition) is 0. The molecule has 1 heteroatoms. The maximum atomic E-state index is 3.64. The van der Waals surface area contributed by atoms with E-state index in [9.17, 15) is 0 Å². The minimum Gasteiger partial charge on any atom is -0.341 e. The summed E-state index contributed by atoms with van der Waals surface area (Å²) in [7, 11) is 0. The second-order valence-electron chi connectivity index (χ2n) is 4.18. The van der Waals surface area contributed by atoms with E-state index in [0.29, 0.717) is 17.8 Å². The van der Waals surface area contributed by atoms with Crippen LogP contribution >= 0.6 is 0 Å². The van der Waals surface area contributed by atoms with Crippen molar-refractivity contribution in [2.24, 2.45) is 17.8 Å². The predicted octanol–water partition coefficient (Wildman–Crippen LogP) is 4.43. The van der Waals surface area contributed by atoms with Gasteiger partial charge in [-0.3, -0.25) is 0 Å². The molecule has 0 aromatic carbocycles. The topological polar surface area (TPSA) is 0 Å². The molecular formula is C12H27Ti. The molecule has 1 radical (unpaired) electrons. The quantitative estimate of drug-likeness (QED) is 0.417. The minimum absolute atomic E-state index is 0. The van der Waals surface area contributed by atoms with Gasteiger partial charge < -0.3 is 20.8 Å². The van der Waals surface area contributed by atoms with Crippen molar-refractivity contribution in [2.45, 2.75) is 41.5 Å². The van der Waals surface area contributed by atoms with E-state index in [4.69, 9.17) is 0 Å². The molecular weight excluding hydrogens is 192 g/mol. The standard InChI is InChI=1S/3C4H9.Ti/c3*1-4(2)3;/h3*4H,1H2,2-3H3;/q3*-1;+3. The van der Waals surface area contributed by atoms with Crippen molar-refractivity contribution in [3.05, 3.63) is 20.8 Å². The fourth-order valence-corrected chi connectivity index (χ4v) is 0. The zero-order valence-electron chi connectivity index (χ0n) is 10.4. The third-order valence-electron chi connectivity index (χ3n) is 0. The molecule has 0 bridgehead atoms. The van der Waals surface area contributed by atoms with Crippen molar-refractivity contribution >= 4 is 0 Å². The Hall–Kier alpha value is 0.714. The maximum Gasteiger partial charge on any atom is 3.00 e. The molecule has 0 unspecified atom stereocenters. The molecule has 79 valence electrons. The van der Waals surface area contributed by atoms with Crippen LogP contribution < -0.4 is 0 Å². The molecule has 0 aliphatic rings. The average Bonchev–Trinajstić information content (AvgIpc) is 1.54. The molecule has 0 aliphatic heterocycles. The smallest absolute Gasteiger partial charge is 0.341 e. The van der Waals surface area contributed by atoms with Crippen LogP contribution in [0.15, 0.2) is 0 Å². The summed E-state index contributed by atoms with van der Waals surface area (Å²) in [5.41, 5.74) is 0. The van der Waals surface area contributed by atoms with Crippen molar-refractivity contribution in [2.75, 3.05) is 0 Å². The van der Waals surface area contributed by atoms with Crippen LogP contribution in [-0.4, -0.2) is 0 Å². The van der Waals surface area contributed by atoms with E-state index in [1.54, 1.807) is 0 Å². The van der Waals surface area contributed by atoms with Crippen LogP contribution in [0, 0.1) is 38.5 Å². The van der Waals surface area contributed by atoms with E-state index < -0.39 is 0 Å². The molecule has 13 heavy (non-hydrogen) atoms. The molecule has 0 nitrogen and oxygen atoms in total. The Labute approximate surface area is 102 Å². The molecule has 0 saturated heterocycles. The van der Waals surface area contributed by atoms with Crippen LogP contribution in [0.3, 0.4) is 0 Å². The van der Waals surface area contributed by atoms with Gasteiger partial charge in [0.05, 0.1) is 0 Å². The monoisotopic (exact) mass is 219 g/mol. The summed E-state index contributed by atoms with van der Waals surface area (Å²) in [6.07, 6.45) is 0. The molecule has 0 heterocycles. The Morgan fingerprint density at radius 2 is 0.538 bits per heavy atom. The summed E-state index contributed by atoms with van der Waals surface area (Å²) >= 11 is 0. The Morgan fingerprint density at radius 3 is 0.538 bits per heavy atom. The maximum absolute atomic E-state index is 3.64. The predicted molar refractivity (Wildman–Crippen MR) is 60.6 cm³/mol. The minimum atomic E-state index is 0. The summed E-state index contributed by atoms with van der Waals surface area (Å²) in [4.78, 5) is 0. The van der Waals surface area contributed by atoms with Gasteiger partial charge in [-0.05, 0) is 0 Å². The van der Waals surface area contributed by atoms with E-state index >= 15 is 0 Å². The Morgan fingerprint density at radius 1 is 0.538 bits per heavy atom. The van der Waals surface area contributed by atoms with Crippen molar-refractivity contribution < 1.29 is 21.7 Å². The summed E-state index contributed by atoms with van der Waals surface area (Å²) in [5.74, 6) is 1.75. The zero-order valence-corrected chi connectivity index (χ0v) is 11.9. The molecule has 0 spiro atoms. The van der Waals surface area contributed by atoms with Gasteiger partial charge in [-0.25, -0.2) is 0 Å². The molecule has 0 fully saturated rings. The van der Waals surface area contributed by atoms with Crippen LogP contribution in [0.5, 0.6) is 0 Å². The summed E-state index contributed by atoms with van der Waals surface area (Å²) in [6.45, 7) is 23.2. The molecule has 0 aromatic heterocycles. The first-order valence-electron chi connectivity index (χ1n) is 4.69. The van der Waals surface area contributed by atoms with Gasteiger partial charge in [0.1, 0.15) is 0 Å². The van der Waals surface area contributed by atoms with E-state index in [1.807, 2.05) is 0 Å². The second kappa shape index (κ2) is 18.5. The van der Waals surface area contributed by atoms with Gasteiger partial charge >= 0.3 is 21.7 Å². The van der Waals surface area contributed by atoms with Gasteiger partial charge in [-0.2, -0.15) is 17.8 Å². The Kier molecular flexibility index (Phi) is 33.4. The van der Waals surface area contributed by atoms with Gasteiger partial charge in [0.15, 0.2) is 0 Å². The molecule has 0 aliphatic carbocycles. The fraction of sp³-hybridized carbons (Fsp3) is 0.750. The SMILES string of the molecule is [CH2-]C(C)C.[CH2-]C(C)C.[CH2-]C(C)C.[Ti+3]. The summed E-state index contributed by atoms with van der Waals surface area (Å²) in [6, 6.07) is 0. The third-order valence-corrected chi connectivity index (χ3v) is 0. The van der Waals surface area contributed by atoms with Gasteiger partial charge in [-0.1, -0.05) is 41.5 Å². The first kappa shape index (κ1) is 23.5. The molecule has 0 amide bonds. The summed E-state index contributed by atoms with van der Waals surface area (Å²) in [5, 5.41) is 0. The van der Waals surface area contributed by atoms with Crippen molar-refractivity contribution in [1.82, 2.24) is 0 Å². The van der Waals surface area contributed by atoms with E-state index in [1.165, 1.54) is 0 Å². The van der Waals surface area contributed by atoms with E-state index in [0.717, 1.165) is 0 Å². The fourth-order valence-electron chi connectivity index (χ4n) is 0. The second-order valence-corrected chi connectivity index (χ2v) is 4.18. The van der Waals surface area contributed by atoms with Crippen LogP contribution in [0.1, 0.15) is 41.5 Å². The van der Waals surface area contributed by atoms with Crippen LogP contribution in [-0.2, 0) is 21.7 Å². The van der Waals surface area contributed by atoms with Crippen LogP contribution in [0.4, 0.5) is 0 Å². The zero-order chi connectivity index (χ0) is 10.7. The Bertz CT molecular complexity index is 33.6. The summed E-state index contributed by atoms with van der Waals surface area (Å²) < 4.78 is 0. The first-order chi connectivity index (χ1) is 5.20. The normalized spacial score (nSPS) is 8.31. The van der Waals surface area contributed by atoms with Crippen molar-refractivity contribution in [3.8, 4) is 0 Å². The molecule has 0 atom stereocenters. The average molecular weight is 219 g/mol. The molecule has 0 N–H and O–H groups in total. The van der Waals surface area contributed by atoms with Gasteiger partial charge in [0.25, 0.3) is 0 Å².